The zero-order valence-electron chi connectivity index (χ0n) is 19.5. The summed E-state index contributed by atoms with van der Waals surface area (Å²) in [7, 11) is -1.91. The highest BCUT2D eigenvalue weighted by Crippen LogP contribution is 2.61. The number of carbonyl (C=O) groups is 2. The maximum atomic E-state index is 12.8. The van der Waals surface area contributed by atoms with Crippen LogP contribution in [0, 0.1) is 36.0 Å². The molecule has 4 saturated carbocycles. The molecule has 5 fully saturated rings. The molecular weight excluding hydrogens is 442 g/mol. The van der Waals surface area contributed by atoms with E-state index in [1.165, 1.54) is 29.8 Å². The van der Waals surface area contributed by atoms with Gasteiger partial charge in [-0.05, 0) is 81.5 Å². The maximum absolute atomic E-state index is 12.8. The largest absolute Gasteiger partial charge is 0.337 e. The van der Waals surface area contributed by atoms with Crippen molar-refractivity contribution in [1.82, 2.24) is 24.7 Å². The number of aryl methyl sites for hydroxylation is 2. The monoisotopic (exact) mass is 477 g/mol. The van der Waals surface area contributed by atoms with Crippen LogP contribution in [0.1, 0.15) is 63.6 Å². The molecule has 6 rings (SSSR count). The Morgan fingerprint density at radius 1 is 1.06 bits per heavy atom. The van der Waals surface area contributed by atoms with E-state index in [1.807, 2.05) is 0 Å². The highest BCUT2D eigenvalue weighted by Gasteiger charge is 2.51. The Hall–Kier alpha value is -1.94. The first-order valence-electron chi connectivity index (χ1n) is 12.2. The smallest absolute Gasteiger partial charge is 0.262 e. The number of sulfonamides is 1. The maximum Gasteiger partial charge on any atom is 0.262 e. The third-order valence-corrected chi connectivity index (χ3v) is 10.3. The molecule has 0 spiro atoms. The quantitative estimate of drug-likeness (QED) is 0.629. The lowest BCUT2D eigenvalue weighted by Crippen LogP contribution is -2.51. The van der Waals surface area contributed by atoms with E-state index < -0.39 is 10.0 Å². The van der Waals surface area contributed by atoms with E-state index in [-0.39, 0.29) is 41.3 Å². The van der Waals surface area contributed by atoms with Gasteiger partial charge in [-0.1, -0.05) is 0 Å². The molecule has 1 saturated heterocycles. The number of nitrogens with one attached hydrogen (secondary N) is 2. The summed E-state index contributed by atoms with van der Waals surface area (Å²) in [6, 6.07) is 0. The zero-order chi connectivity index (χ0) is 23.4. The van der Waals surface area contributed by atoms with Gasteiger partial charge in [0.05, 0.1) is 0 Å². The summed E-state index contributed by atoms with van der Waals surface area (Å²) in [5.41, 5.74) is 5.39. The summed E-state index contributed by atoms with van der Waals surface area (Å²) < 4.78 is 28.8. The molecule has 1 aromatic rings. The van der Waals surface area contributed by atoms with Crippen molar-refractivity contribution in [1.29, 1.82) is 0 Å². The van der Waals surface area contributed by atoms with Crippen LogP contribution < -0.4 is 10.9 Å². The van der Waals surface area contributed by atoms with Crippen LogP contribution in [0.25, 0.3) is 0 Å². The summed E-state index contributed by atoms with van der Waals surface area (Å²) in [6.45, 7) is 2.28. The average molecular weight is 478 g/mol. The Kier molecular flexibility index (Phi) is 5.79. The summed E-state index contributed by atoms with van der Waals surface area (Å²) >= 11 is 0. The van der Waals surface area contributed by atoms with E-state index >= 15 is 0 Å². The lowest BCUT2D eigenvalue weighted by atomic mass is 9.49. The average Bonchev–Trinajstić information content (AvgIpc) is 3.10. The molecule has 2 N–H and O–H groups in total. The van der Waals surface area contributed by atoms with Crippen molar-refractivity contribution in [3.8, 4) is 0 Å². The third kappa shape index (κ3) is 4.43. The highest BCUT2D eigenvalue weighted by molar-refractivity contribution is 7.89. The van der Waals surface area contributed by atoms with Crippen LogP contribution in [-0.4, -0.2) is 47.2 Å². The van der Waals surface area contributed by atoms with Crippen LogP contribution in [0.3, 0.4) is 0 Å². The Balaban J connectivity index is 1.10. The van der Waals surface area contributed by atoms with Crippen molar-refractivity contribution in [2.45, 2.75) is 69.7 Å². The van der Waals surface area contributed by atoms with Gasteiger partial charge in [0.1, 0.15) is 5.82 Å². The van der Waals surface area contributed by atoms with Crippen LogP contribution >= 0.6 is 0 Å². The van der Waals surface area contributed by atoms with Crippen molar-refractivity contribution in [2.75, 3.05) is 13.1 Å². The fourth-order valence-electron chi connectivity index (χ4n) is 7.27. The lowest BCUT2D eigenvalue weighted by Gasteiger charge is -2.56. The van der Waals surface area contributed by atoms with Gasteiger partial charge in [-0.15, -0.1) is 0 Å². The number of carbonyl (C=O) groups excluding carboxylic acids is 2. The number of hydrazine groups is 1. The predicted molar refractivity (Wildman–Crippen MR) is 121 cm³/mol. The number of nitrogens with zero attached hydrogens (tertiary/aromatic N) is 3. The fraction of sp³-hybridized carbons (Fsp3) is 0.783. The molecular formula is C23H35N5O4S. The molecule has 4 aliphatic carbocycles. The number of aromatic nitrogens is 2. The molecule has 1 aliphatic heterocycles. The van der Waals surface area contributed by atoms with E-state index in [1.54, 1.807) is 18.5 Å². The second-order valence-corrected chi connectivity index (χ2v) is 12.9. The molecule has 0 unspecified atom stereocenters. The van der Waals surface area contributed by atoms with Gasteiger partial charge in [0.15, 0.2) is 5.03 Å². The Labute approximate surface area is 195 Å². The minimum absolute atomic E-state index is 0.0438. The first-order chi connectivity index (χ1) is 15.6. The van der Waals surface area contributed by atoms with Gasteiger partial charge in [0.2, 0.25) is 11.8 Å². The third-order valence-electron chi connectivity index (χ3n) is 8.54. The van der Waals surface area contributed by atoms with E-state index in [9.17, 15) is 18.0 Å². The summed E-state index contributed by atoms with van der Waals surface area (Å²) in [6.07, 6.45) is 10.3. The number of imidazole rings is 1. The standard InChI is InChI=1S/C23H35N5O4S/c1-15-24-21(14-27(15)2)33(31,32)28-5-3-19(4-6-28)22(30)26-25-20(29)13-23-10-16-7-17(11-23)9-18(8-16)12-23/h14,16-19H,3-13H2,1-2H3,(H,25,29)(H,26,30). The van der Waals surface area contributed by atoms with Gasteiger partial charge in [-0.25, -0.2) is 13.4 Å². The molecule has 2 amide bonds. The minimum Gasteiger partial charge on any atom is -0.337 e. The molecule has 1 aromatic heterocycles. The van der Waals surface area contributed by atoms with E-state index in [0.717, 1.165) is 37.0 Å². The number of amides is 2. The van der Waals surface area contributed by atoms with Crippen molar-refractivity contribution in [3.05, 3.63) is 12.0 Å². The Morgan fingerprint density at radius 3 is 2.15 bits per heavy atom. The molecule has 5 aliphatic rings. The molecule has 4 bridgehead atoms. The number of hydrogen-bond donors (Lipinski definition) is 2. The van der Waals surface area contributed by atoms with Crippen molar-refractivity contribution >= 4 is 21.8 Å². The van der Waals surface area contributed by atoms with Gasteiger partial charge in [-0.2, -0.15) is 4.31 Å². The number of rotatable bonds is 5. The Morgan fingerprint density at radius 2 is 1.64 bits per heavy atom. The van der Waals surface area contributed by atoms with Gasteiger partial charge >= 0.3 is 0 Å². The van der Waals surface area contributed by atoms with E-state index in [0.29, 0.717) is 25.1 Å². The van der Waals surface area contributed by atoms with Gasteiger partial charge in [-0.3, -0.25) is 20.4 Å². The van der Waals surface area contributed by atoms with E-state index in [4.69, 9.17) is 0 Å². The second kappa shape index (κ2) is 8.37. The molecule has 182 valence electrons. The molecule has 10 heteroatoms. The van der Waals surface area contributed by atoms with Crippen molar-refractivity contribution in [3.63, 3.8) is 0 Å². The SMILES string of the molecule is Cc1nc(S(=O)(=O)N2CCC(C(=O)NNC(=O)CC34CC5CC(CC(C5)C3)C4)CC2)cn1C. The van der Waals surface area contributed by atoms with Crippen LogP contribution in [0.2, 0.25) is 0 Å². The molecule has 9 nitrogen and oxygen atoms in total. The molecule has 33 heavy (non-hydrogen) atoms. The topological polar surface area (TPSA) is 113 Å². The first-order valence-corrected chi connectivity index (χ1v) is 13.7. The van der Waals surface area contributed by atoms with Crippen LogP contribution in [0.5, 0.6) is 0 Å². The highest BCUT2D eigenvalue weighted by atomic mass is 32.2. The summed E-state index contributed by atoms with van der Waals surface area (Å²) in [5.74, 6) is 2.34. The zero-order valence-corrected chi connectivity index (χ0v) is 20.4. The van der Waals surface area contributed by atoms with Crippen LogP contribution in [0.15, 0.2) is 11.2 Å². The molecule has 0 aromatic carbocycles. The predicted octanol–water partition coefficient (Wildman–Crippen LogP) is 1.88. The van der Waals surface area contributed by atoms with Crippen LogP contribution in [-0.2, 0) is 26.7 Å². The van der Waals surface area contributed by atoms with Crippen molar-refractivity contribution < 1.29 is 18.0 Å². The van der Waals surface area contributed by atoms with Gasteiger partial charge in [0.25, 0.3) is 10.0 Å². The molecule has 0 atom stereocenters. The second-order valence-electron chi connectivity index (χ2n) is 11.0. The van der Waals surface area contributed by atoms with Crippen molar-refractivity contribution in [2.24, 2.45) is 36.1 Å². The fourth-order valence-corrected chi connectivity index (χ4v) is 8.76. The number of hydrogen-bond acceptors (Lipinski definition) is 5. The molecule has 2 heterocycles. The van der Waals surface area contributed by atoms with Crippen LogP contribution in [0.4, 0.5) is 0 Å². The van der Waals surface area contributed by atoms with Gasteiger partial charge < -0.3 is 4.57 Å². The first kappa shape index (κ1) is 22.8. The summed E-state index contributed by atoms with van der Waals surface area (Å²) in [5, 5.41) is 0.0438. The minimum atomic E-state index is -3.66. The van der Waals surface area contributed by atoms with Gasteiger partial charge in [0, 0.05) is 38.7 Å². The number of piperidine rings is 1. The molecule has 0 radical (unpaired) electrons. The normalized spacial score (nSPS) is 32.1. The Bertz CT molecular complexity index is 986. The lowest BCUT2D eigenvalue weighted by molar-refractivity contribution is -0.136. The van der Waals surface area contributed by atoms with E-state index in [2.05, 4.69) is 15.8 Å². The summed E-state index contributed by atoms with van der Waals surface area (Å²) in [4.78, 5) is 29.4.